The summed E-state index contributed by atoms with van der Waals surface area (Å²) in [6.45, 7) is 1.23. The summed E-state index contributed by atoms with van der Waals surface area (Å²) in [5.41, 5.74) is 2.83. The van der Waals surface area contributed by atoms with Crippen LogP contribution in [-0.2, 0) is 11.4 Å². The van der Waals surface area contributed by atoms with Gasteiger partial charge >= 0.3 is 5.82 Å². The fourth-order valence-corrected chi connectivity index (χ4v) is 5.13. The molecule has 0 spiro atoms. The molecule has 2 aromatic heterocycles. The van der Waals surface area contributed by atoms with Crippen molar-refractivity contribution in [2.45, 2.75) is 13.0 Å². The van der Waals surface area contributed by atoms with E-state index in [1.54, 1.807) is 42.8 Å². The highest BCUT2D eigenvalue weighted by atomic mass is 35.5. The van der Waals surface area contributed by atoms with Crippen molar-refractivity contribution in [1.82, 2.24) is 15.0 Å². The van der Waals surface area contributed by atoms with E-state index in [4.69, 9.17) is 27.9 Å². The number of aliphatic imine (C=N–C) groups is 1. The summed E-state index contributed by atoms with van der Waals surface area (Å²) >= 11 is 12.6. The Hall–Kier alpha value is -4.91. The third-order valence-electron chi connectivity index (χ3n) is 6.78. The molecule has 5 rings (SSSR count). The van der Waals surface area contributed by atoms with E-state index in [1.165, 1.54) is 12.4 Å². The van der Waals surface area contributed by atoms with E-state index in [0.29, 0.717) is 80.2 Å². The Kier molecular flexibility index (Phi) is 9.67. The molecule has 0 bridgehead atoms. The molecule has 0 atom stereocenters. The van der Waals surface area contributed by atoms with Gasteiger partial charge in [-0.15, -0.1) is 0 Å². The average molecular weight is 649 g/mol. The number of ether oxygens (including phenoxy) is 1. The fourth-order valence-electron chi connectivity index (χ4n) is 4.68. The second-order valence-electron chi connectivity index (χ2n) is 10.9. The van der Waals surface area contributed by atoms with Crippen LogP contribution in [0.5, 0.6) is 5.75 Å². The smallest absolute Gasteiger partial charge is 0.368 e. The number of likely N-dealkylation sites (N-methyl/N-ethyl adjacent to an activating group) is 1. The van der Waals surface area contributed by atoms with Gasteiger partial charge in [0.25, 0.3) is 0 Å². The maximum Gasteiger partial charge on any atom is 0.368 e. The lowest BCUT2D eigenvalue weighted by atomic mass is 10.2. The Bertz CT molecular complexity index is 1860. The van der Waals surface area contributed by atoms with Crippen molar-refractivity contribution in [2.24, 2.45) is 4.99 Å². The first-order chi connectivity index (χ1) is 21.6. The summed E-state index contributed by atoms with van der Waals surface area (Å²) < 4.78 is 6.28. The van der Waals surface area contributed by atoms with Crippen molar-refractivity contribution in [3.05, 3.63) is 110 Å². The van der Waals surface area contributed by atoms with Crippen molar-refractivity contribution in [1.29, 1.82) is 0 Å². The molecule has 0 saturated carbocycles. The Labute approximate surface area is 268 Å². The van der Waals surface area contributed by atoms with Gasteiger partial charge in [-0.3, -0.25) is 4.79 Å². The van der Waals surface area contributed by atoms with Gasteiger partial charge < -0.3 is 30.0 Å². The van der Waals surface area contributed by atoms with Crippen LogP contribution in [0.15, 0.2) is 89.6 Å². The van der Waals surface area contributed by atoms with Crippen molar-refractivity contribution < 1.29 is 18.9 Å². The van der Waals surface area contributed by atoms with Gasteiger partial charge in [-0.1, -0.05) is 40.3 Å². The molecule has 2 aromatic carbocycles. The van der Waals surface area contributed by atoms with Crippen molar-refractivity contribution in [3.63, 3.8) is 0 Å². The van der Waals surface area contributed by atoms with E-state index in [0.717, 1.165) is 5.56 Å². The van der Waals surface area contributed by atoms with E-state index in [-0.39, 0.29) is 11.7 Å². The van der Waals surface area contributed by atoms with Crippen LogP contribution in [0.25, 0.3) is 10.9 Å². The van der Waals surface area contributed by atoms with Crippen LogP contribution >= 0.6 is 23.2 Å². The normalized spacial score (nSPS) is 13.1. The van der Waals surface area contributed by atoms with Crippen molar-refractivity contribution >= 4 is 63.5 Å². The van der Waals surface area contributed by atoms with Gasteiger partial charge in [-0.05, 0) is 53.0 Å². The lowest BCUT2D eigenvalue weighted by molar-refractivity contribution is -0.880. The molecular formula is C31H29Cl2N8O4+. The highest BCUT2D eigenvalue weighted by Crippen LogP contribution is 2.31. The Morgan fingerprint density at radius 3 is 2.76 bits per heavy atom. The molecule has 45 heavy (non-hydrogen) atoms. The molecule has 14 heteroatoms. The Morgan fingerprint density at radius 1 is 1.13 bits per heavy atom. The number of hydrogen-bond donors (Lipinski definition) is 2. The molecule has 0 aliphatic carbocycles. The van der Waals surface area contributed by atoms with Crippen LogP contribution in [0.2, 0.25) is 10.0 Å². The van der Waals surface area contributed by atoms with E-state index < -0.39 is 4.92 Å². The van der Waals surface area contributed by atoms with Gasteiger partial charge in [0.15, 0.2) is 0 Å². The summed E-state index contributed by atoms with van der Waals surface area (Å²) in [7, 11) is 3.86. The molecule has 3 heterocycles. The van der Waals surface area contributed by atoms with Crippen LogP contribution in [-0.4, -0.2) is 63.7 Å². The second kappa shape index (κ2) is 13.8. The van der Waals surface area contributed by atoms with Crippen LogP contribution in [0.3, 0.4) is 0 Å². The molecular weight excluding hydrogens is 619 g/mol. The molecule has 230 valence electrons. The molecule has 1 amide bonds. The first-order valence-electron chi connectivity index (χ1n) is 13.8. The zero-order chi connectivity index (χ0) is 32.0. The third kappa shape index (κ3) is 8.38. The predicted octanol–water partition coefficient (Wildman–Crippen LogP) is 6.19. The maximum atomic E-state index is 12.7. The first-order valence-corrected chi connectivity index (χ1v) is 14.5. The Morgan fingerprint density at radius 2 is 1.98 bits per heavy atom. The largest absolute Gasteiger partial charge is 0.487 e. The van der Waals surface area contributed by atoms with Gasteiger partial charge in [0.1, 0.15) is 43.1 Å². The number of nitro groups is 1. The number of nitrogens with one attached hydrogen (secondary N) is 2. The van der Waals surface area contributed by atoms with E-state index in [2.05, 4.69) is 30.6 Å². The number of anilines is 3. The summed E-state index contributed by atoms with van der Waals surface area (Å²) in [5.74, 6) is 0.862. The number of hydrogen-bond acceptors (Lipinski definition) is 9. The number of rotatable bonds is 12. The molecule has 0 fully saturated rings. The van der Waals surface area contributed by atoms with E-state index >= 15 is 0 Å². The van der Waals surface area contributed by atoms with Gasteiger partial charge in [0, 0.05) is 28.6 Å². The molecule has 0 radical (unpaired) electrons. The SMILES string of the molecule is C[N+](C)(C/C=C/C(=O)Nc1cc2c(Nc3ccc(OCc4cccc(Cl)c4)c(Cl)c3)ncnc2cn1)CC1=C([N+](=O)[O-])N=CC1. The molecule has 0 unspecified atom stereocenters. The molecule has 12 nitrogen and oxygen atoms in total. The number of carbonyl (C=O) groups is 1. The van der Waals surface area contributed by atoms with E-state index in [1.807, 2.05) is 38.4 Å². The standard InChI is InChI=1S/C31H28Cl2N8O4/c1-41(2,17-21-10-11-34-31(21)40(43)44)12-4-7-29(42)39-28-15-24-26(16-35-28)36-19-37-30(24)38-23-8-9-27(25(33)14-23)45-18-20-5-3-6-22(32)13-20/h3-9,11,13-16,19H,10,12,17-18H2,1-2H3,(H-,35,36,37,38,39,42)/p+1/b7-4+. The second-order valence-corrected chi connectivity index (χ2v) is 11.7. The first kappa shape index (κ1) is 31.5. The third-order valence-corrected chi connectivity index (χ3v) is 7.31. The predicted molar refractivity (Wildman–Crippen MR) is 175 cm³/mol. The topological polar surface area (TPSA) is 145 Å². The number of aromatic nitrogens is 3. The summed E-state index contributed by atoms with van der Waals surface area (Å²) in [6.07, 6.45) is 8.10. The number of carbonyl (C=O) groups excluding carboxylic acids is 1. The highest BCUT2D eigenvalue weighted by Gasteiger charge is 2.28. The number of quaternary nitrogens is 1. The zero-order valence-electron chi connectivity index (χ0n) is 24.4. The van der Waals surface area contributed by atoms with Crippen LogP contribution in [0.1, 0.15) is 12.0 Å². The lowest BCUT2D eigenvalue weighted by Crippen LogP contribution is -2.41. The lowest BCUT2D eigenvalue weighted by Gasteiger charge is -2.28. The Balaban J connectivity index is 1.22. The van der Waals surface area contributed by atoms with Gasteiger partial charge in [0.2, 0.25) is 5.91 Å². The average Bonchev–Trinajstić information content (AvgIpc) is 3.45. The summed E-state index contributed by atoms with van der Waals surface area (Å²) in [4.78, 5) is 40.2. The highest BCUT2D eigenvalue weighted by molar-refractivity contribution is 6.32. The van der Waals surface area contributed by atoms with Gasteiger partial charge in [0.05, 0.1) is 42.9 Å². The number of nitrogens with zero attached hydrogens (tertiary/aromatic N) is 6. The van der Waals surface area contributed by atoms with E-state index in [9.17, 15) is 14.9 Å². The minimum absolute atomic E-state index is 0.0952. The fraction of sp³-hybridized carbons (Fsp3) is 0.194. The molecule has 4 aromatic rings. The van der Waals surface area contributed by atoms with Crippen molar-refractivity contribution in [2.75, 3.05) is 37.8 Å². The number of halogens is 2. The van der Waals surface area contributed by atoms with Crippen LogP contribution < -0.4 is 15.4 Å². The minimum Gasteiger partial charge on any atom is -0.487 e. The molecule has 1 aliphatic rings. The van der Waals surface area contributed by atoms with Gasteiger partial charge in [-0.25, -0.2) is 15.0 Å². The monoisotopic (exact) mass is 647 g/mol. The minimum atomic E-state index is -0.462. The number of fused-ring (bicyclic) bond motifs is 1. The number of pyridine rings is 1. The number of benzene rings is 2. The number of amides is 1. The molecule has 1 aliphatic heterocycles. The van der Waals surface area contributed by atoms with Crippen LogP contribution in [0, 0.1) is 10.1 Å². The van der Waals surface area contributed by atoms with Crippen LogP contribution in [0.4, 0.5) is 17.3 Å². The summed E-state index contributed by atoms with van der Waals surface area (Å²) in [5, 5.41) is 18.9. The maximum absolute atomic E-state index is 12.7. The van der Waals surface area contributed by atoms with Crippen molar-refractivity contribution in [3.8, 4) is 5.75 Å². The van der Waals surface area contributed by atoms with Gasteiger partial charge in [-0.2, -0.15) is 0 Å². The molecule has 2 N–H and O–H groups in total. The zero-order valence-corrected chi connectivity index (χ0v) is 25.9. The quantitative estimate of drug-likeness (QED) is 0.0801. The summed E-state index contributed by atoms with van der Waals surface area (Å²) in [6, 6.07) is 14.4. The molecule has 0 saturated heterocycles.